The van der Waals surface area contributed by atoms with Crippen molar-refractivity contribution in [2.24, 2.45) is 5.92 Å². The molecular weight excluding hydrogens is 799 g/mol. The summed E-state index contributed by atoms with van der Waals surface area (Å²) in [5.74, 6) is -0.991. The number of aromatic amines is 1. The molecule has 6 heterocycles. The van der Waals surface area contributed by atoms with Crippen molar-refractivity contribution in [2.45, 2.75) is 64.1 Å². The van der Waals surface area contributed by atoms with Gasteiger partial charge < -0.3 is 40.0 Å². The molecule has 3 amide bonds. The number of benzene rings is 2. The van der Waals surface area contributed by atoms with Gasteiger partial charge in [-0.2, -0.15) is 0 Å². The Morgan fingerprint density at radius 2 is 1.82 bits per heavy atom. The summed E-state index contributed by atoms with van der Waals surface area (Å²) in [5, 5.41) is 40.3. The predicted octanol–water partition coefficient (Wildman–Crippen LogP) is 4.92. The van der Waals surface area contributed by atoms with Gasteiger partial charge in [-0.1, -0.05) is 50.2 Å². The highest BCUT2D eigenvalue weighted by Crippen LogP contribution is 2.34. The molecule has 318 valence electrons. The number of aromatic nitrogens is 5. The third kappa shape index (κ3) is 9.13. The molecule has 16 nitrogen and oxygen atoms in total. The largest absolute Gasteiger partial charge is 0.507 e. The molecule has 2 saturated heterocycles. The van der Waals surface area contributed by atoms with Crippen LogP contribution in [-0.2, 0) is 14.4 Å². The minimum atomic E-state index is -0.858. The second-order valence-electron chi connectivity index (χ2n) is 16.2. The van der Waals surface area contributed by atoms with Crippen molar-refractivity contribution in [3.63, 3.8) is 0 Å². The third-order valence-electron chi connectivity index (χ3n) is 11.4. The molecule has 6 aromatic rings. The molecule has 2 aliphatic heterocycles. The molecule has 0 spiro atoms. The average Bonchev–Trinajstić information content (AvgIpc) is 4.05. The maximum atomic E-state index is 14.1. The number of nitrogens with zero attached hydrogens (tertiary/aromatic N) is 6. The molecule has 0 bridgehead atoms. The van der Waals surface area contributed by atoms with Crippen molar-refractivity contribution in [1.29, 1.82) is 0 Å². The number of nitrogens with one attached hydrogen (secondary N) is 3. The quantitative estimate of drug-likeness (QED) is 0.0872. The lowest BCUT2D eigenvalue weighted by Crippen LogP contribution is -2.49. The zero-order valence-corrected chi connectivity index (χ0v) is 35.2. The van der Waals surface area contributed by atoms with Crippen molar-refractivity contribution in [3.8, 4) is 33.3 Å². The van der Waals surface area contributed by atoms with E-state index in [1.807, 2.05) is 75.7 Å². The summed E-state index contributed by atoms with van der Waals surface area (Å²) < 4.78 is 11.4. The average molecular weight is 848 g/mol. The first-order valence-corrected chi connectivity index (χ1v) is 21.3. The van der Waals surface area contributed by atoms with Gasteiger partial charge in [0.1, 0.15) is 24.3 Å². The topological polar surface area (TPSA) is 212 Å². The van der Waals surface area contributed by atoms with Gasteiger partial charge in [0.15, 0.2) is 11.4 Å². The number of para-hydroxylation sites is 1. The van der Waals surface area contributed by atoms with E-state index in [9.17, 15) is 24.6 Å². The number of hydrogen-bond donors (Lipinski definition) is 5. The summed E-state index contributed by atoms with van der Waals surface area (Å²) >= 11 is 1.58. The number of amides is 3. The zero-order valence-electron chi connectivity index (χ0n) is 34.4. The minimum Gasteiger partial charge on any atom is -0.507 e. The molecule has 4 aromatic heterocycles. The molecule has 0 radical (unpaired) electrons. The lowest BCUT2D eigenvalue weighted by Gasteiger charge is -2.38. The summed E-state index contributed by atoms with van der Waals surface area (Å²) in [6.07, 6.45) is -0.727. The second kappa shape index (κ2) is 17.8. The summed E-state index contributed by atoms with van der Waals surface area (Å²) in [7, 11) is 0. The fourth-order valence-electron chi connectivity index (χ4n) is 8.10. The Kier molecular flexibility index (Phi) is 12.1. The molecule has 2 aromatic carbocycles. The van der Waals surface area contributed by atoms with Gasteiger partial charge in [0.05, 0.1) is 47.0 Å². The Balaban J connectivity index is 0.790. The maximum Gasteiger partial charge on any atom is 0.254 e. The number of likely N-dealkylation sites (tertiary alicyclic amines) is 2. The van der Waals surface area contributed by atoms with Crippen LogP contribution in [0, 0.1) is 12.8 Å². The van der Waals surface area contributed by atoms with Gasteiger partial charge in [-0.05, 0) is 60.3 Å². The number of hydrogen-bond acceptors (Lipinski definition) is 13. The molecule has 5 N–H and O–H groups in total. The number of phenolic OH excluding ortho intramolecular Hbond substituents is 1. The van der Waals surface area contributed by atoms with Crippen LogP contribution in [0.3, 0.4) is 0 Å². The number of carbonyl (C=O) groups excluding carboxylic acids is 3. The summed E-state index contributed by atoms with van der Waals surface area (Å²) in [4.78, 5) is 52.7. The minimum absolute atomic E-state index is 0.0214. The van der Waals surface area contributed by atoms with Gasteiger partial charge in [0.2, 0.25) is 17.7 Å². The fraction of sp³-hybridized carbons (Fsp3) is 0.386. The van der Waals surface area contributed by atoms with Crippen LogP contribution in [0.25, 0.3) is 32.7 Å². The number of thiazole rings is 1. The molecule has 0 aliphatic carbocycles. The number of aliphatic hydroxyl groups is 1. The lowest BCUT2D eigenvalue weighted by molar-refractivity contribution is -0.141. The fourth-order valence-corrected chi connectivity index (χ4v) is 8.91. The number of aromatic hydroxyl groups is 1. The van der Waals surface area contributed by atoms with Crippen LogP contribution in [-0.4, -0.2) is 115 Å². The Bertz CT molecular complexity index is 2510. The number of aryl methyl sites for hydroxylation is 1. The van der Waals surface area contributed by atoms with E-state index in [-0.39, 0.29) is 85.7 Å². The van der Waals surface area contributed by atoms with Crippen LogP contribution < -0.4 is 15.4 Å². The van der Waals surface area contributed by atoms with Crippen molar-refractivity contribution in [3.05, 3.63) is 95.0 Å². The number of fused-ring (bicyclic) bond motifs is 1. The smallest absolute Gasteiger partial charge is 0.254 e. The van der Waals surface area contributed by atoms with Gasteiger partial charge in [-0.25, -0.2) is 4.98 Å². The molecule has 17 heteroatoms. The van der Waals surface area contributed by atoms with Crippen molar-refractivity contribution in [2.75, 3.05) is 39.3 Å². The van der Waals surface area contributed by atoms with Crippen LogP contribution in [0.4, 0.5) is 0 Å². The molecular formula is C44H49N9O7S. The van der Waals surface area contributed by atoms with E-state index in [1.54, 1.807) is 35.6 Å². The number of aliphatic hydroxyl groups excluding tert-OH is 1. The second-order valence-corrected chi connectivity index (χ2v) is 17.0. The highest BCUT2D eigenvalue weighted by atomic mass is 32.1. The molecule has 61 heavy (non-hydrogen) atoms. The Labute approximate surface area is 356 Å². The van der Waals surface area contributed by atoms with Crippen LogP contribution in [0.15, 0.2) is 76.8 Å². The monoisotopic (exact) mass is 847 g/mol. The summed E-state index contributed by atoms with van der Waals surface area (Å²) in [6.45, 7) is 9.67. The SMILES string of the molecule is Cc1ncsc1-c1ccc([C@H](C)NC(=O)[C@@H]2C[C@@H](O)CN2C(=O)[C@@H](c2cc(OCCNC(=O)CN3CC(c4cc5cc(-c6ccccc6O)nnc5[nH]4)C3)no2)C(C)C)cc1. The molecule has 0 unspecified atom stereocenters. The number of β-amino-alcohol motifs (C(OH)–C–C–N with tert-alkyl or cyclic N) is 1. The first-order chi connectivity index (χ1) is 29.4. The maximum absolute atomic E-state index is 14.1. The van der Waals surface area contributed by atoms with Crippen LogP contribution in [0.2, 0.25) is 0 Å². The molecule has 8 rings (SSSR count). The van der Waals surface area contributed by atoms with Crippen LogP contribution >= 0.6 is 11.3 Å². The van der Waals surface area contributed by atoms with Gasteiger partial charge in [0.25, 0.3) is 5.88 Å². The predicted molar refractivity (Wildman–Crippen MR) is 228 cm³/mol. The van der Waals surface area contributed by atoms with Gasteiger partial charge >= 0.3 is 0 Å². The van der Waals surface area contributed by atoms with Crippen molar-refractivity contribution >= 4 is 40.1 Å². The van der Waals surface area contributed by atoms with E-state index in [2.05, 4.69) is 40.9 Å². The van der Waals surface area contributed by atoms with E-state index >= 15 is 0 Å². The van der Waals surface area contributed by atoms with Crippen LogP contribution in [0.5, 0.6) is 11.6 Å². The van der Waals surface area contributed by atoms with E-state index in [1.165, 1.54) is 4.90 Å². The number of rotatable bonds is 15. The van der Waals surface area contributed by atoms with Gasteiger partial charge in [-0.3, -0.25) is 19.3 Å². The number of H-pyrrole nitrogens is 1. The van der Waals surface area contributed by atoms with Crippen molar-refractivity contribution < 1.29 is 33.9 Å². The number of ether oxygens (including phenoxy) is 1. The van der Waals surface area contributed by atoms with Gasteiger partial charge in [0, 0.05) is 54.7 Å². The van der Waals surface area contributed by atoms with E-state index < -0.39 is 18.1 Å². The first kappa shape index (κ1) is 41.6. The highest BCUT2D eigenvalue weighted by molar-refractivity contribution is 7.13. The highest BCUT2D eigenvalue weighted by Gasteiger charge is 2.43. The Hall–Kier alpha value is -6.17. The van der Waals surface area contributed by atoms with Crippen LogP contribution in [0.1, 0.15) is 67.8 Å². The lowest BCUT2D eigenvalue weighted by atomic mass is 9.91. The Morgan fingerprint density at radius 3 is 2.56 bits per heavy atom. The first-order valence-electron chi connectivity index (χ1n) is 20.4. The third-order valence-corrected chi connectivity index (χ3v) is 12.4. The number of carbonyl (C=O) groups is 3. The molecule has 2 fully saturated rings. The molecule has 4 atom stereocenters. The Morgan fingerprint density at radius 1 is 1.03 bits per heavy atom. The standard InChI is InChI=1S/C44H49N9O7S/c1-24(2)40(44(58)53-21-31(54)17-35(53)43(57)47-25(3)27-9-11-28(12-10-27)41-26(4)46-23-61-41)37-18-39(51-60-37)59-14-13-45-38(56)22-52-19-30(20-52)33-15-29-16-34(49-50-42(29)48-33)32-7-5-6-8-36(32)55/h5-12,15-16,18,23-25,30-31,35,40,54-55H,13-14,17,19-22H2,1-4H3,(H,45,56)(H,47,57)(H,48,50)/t25-,31+,35-,40+/m0/s1. The summed E-state index contributed by atoms with van der Waals surface area (Å²) in [5.41, 5.74) is 7.65. The molecule has 2 aliphatic rings. The van der Waals surface area contributed by atoms with E-state index in [0.717, 1.165) is 32.8 Å². The normalized spacial score (nSPS) is 18.0. The van der Waals surface area contributed by atoms with Crippen molar-refractivity contribution in [1.82, 2.24) is 45.8 Å². The zero-order chi connectivity index (χ0) is 42.8. The van der Waals surface area contributed by atoms with Gasteiger partial charge in [-0.15, -0.1) is 21.5 Å². The summed E-state index contributed by atoms with van der Waals surface area (Å²) in [6, 6.07) is 19.3. The van der Waals surface area contributed by atoms with E-state index in [4.69, 9.17) is 9.26 Å². The number of phenols is 1. The van der Waals surface area contributed by atoms with E-state index in [0.29, 0.717) is 30.0 Å². The molecule has 0 saturated carbocycles.